The molecule has 0 fully saturated rings. The van der Waals surface area contributed by atoms with Crippen molar-refractivity contribution >= 4 is 39.0 Å². The van der Waals surface area contributed by atoms with Gasteiger partial charge in [0.05, 0.1) is 23.1 Å². The van der Waals surface area contributed by atoms with E-state index in [1.54, 1.807) is 23.7 Å². The minimum absolute atomic E-state index is 0.743. The molecule has 0 atom stereocenters. The summed E-state index contributed by atoms with van der Waals surface area (Å²) in [5.74, 6) is 0. The third kappa shape index (κ3) is 2.94. The van der Waals surface area contributed by atoms with Crippen molar-refractivity contribution in [3.63, 3.8) is 0 Å². The molecular formula is C21H17N5S. The molecule has 132 valence electrons. The number of hydrogen-bond acceptors (Lipinski definition) is 5. The minimum Gasteiger partial charge on any atom is -0.380 e. The largest absolute Gasteiger partial charge is 0.380 e. The van der Waals surface area contributed by atoms with E-state index in [2.05, 4.69) is 68.4 Å². The molecule has 0 aliphatic rings. The number of anilines is 1. The van der Waals surface area contributed by atoms with E-state index in [9.17, 15) is 0 Å². The van der Waals surface area contributed by atoms with Crippen LogP contribution in [0.3, 0.4) is 0 Å². The topological polar surface area (TPSA) is 55.6 Å². The molecule has 3 aromatic heterocycles. The number of hydrogen-bond donors (Lipinski definition) is 1. The molecule has 5 nitrogen and oxygen atoms in total. The first-order chi connectivity index (χ1) is 13.3. The van der Waals surface area contributed by atoms with E-state index in [0.717, 1.165) is 34.4 Å². The second kappa shape index (κ2) is 6.48. The van der Waals surface area contributed by atoms with Gasteiger partial charge in [-0.3, -0.25) is 15.0 Å². The maximum Gasteiger partial charge on any atom is 0.0966 e. The van der Waals surface area contributed by atoms with Crippen LogP contribution in [0.1, 0.15) is 4.88 Å². The number of fused-ring (bicyclic) bond motifs is 2. The van der Waals surface area contributed by atoms with Gasteiger partial charge in [-0.15, -0.1) is 11.3 Å². The third-order valence-electron chi connectivity index (χ3n) is 4.72. The molecule has 0 spiro atoms. The lowest BCUT2D eigenvalue weighted by Crippen LogP contribution is -1.99. The molecule has 2 aromatic carbocycles. The van der Waals surface area contributed by atoms with E-state index in [0.29, 0.717) is 0 Å². The Morgan fingerprint density at radius 1 is 1.07 bits per heavy atom. The normalized spacial score (nSPS) is 11.3. The lowest BCUT2D eigenvalue weighted by Gasteiger charge is -2.11. The van der Waals surface area contributed by atoms with Crippen LogP contribution in [-0.2, 0) is 13.6 Å². The van der Waals surface area contributed by atoms with E-state index >= 15 is 0 Å². The van der Waals surface area contributed by atoms with Gasteiger partial charge in [-0.2, -0.15) is 0 Å². The maximum atomic E-state index is 4.59. The van der Waals surface area contributed by atoms with Crippen molar-refractivity contribution in [3.8, 4) is 11.1 Å². The average molecular weight is 371 g/mol. The van der Waals surface area contributed by atoms with Crippen molar-refractivity contribution in [1.29, 1.82) is 0 Å². The van der Waals surface area contributed by atoms with Crippen LogP contribution in [0.2, 0.25) is 0 Å². The number of benzene rings is 2. The summed E-state index contributed by atoms with van der Waals surface area (Å²) in [6.45, 7) is 0.743. The van der Waals surface area contributed by atoms with Crippen LogP contribution in [0.5, 0.6) is 0 Å². The fraction of sp³-hybridized carbons (Fsp3) is 0.0952. The van der Waals surface area contributed by atoms with E-state index in [4.69, 9.17) is 0 Å². The SMILES string of the molecule is Cn1ccc2ccc(-c3cc(NCc4cncs4)cc4nccnc34)cc21. The smallest absolute Gasteiger partial charge is 0.0966 e. The van der Waals surface area contributed by atoms with Gasteiger partial charge >= 0.3 is 0 Å². The van der Waals surface area contributed by atoms with E-state index in [-0.39, 0.29) is 0 Å². The number of aryl methyl sites for hydroxylation is 1. The summed E-state index contributed by atoms with van der Waals surface area (Å²) in [5, 5.41) is 4.72. The van der Waals surface area contributed by atoms with Crippen LogP contribution in [0.15, 0.2) is 66.7 Å². The highest BCUT2D eigenvalue weighted by atomic mass is 32.1. The summed E-state index contributed by atoms with van der Waals surface area (Å²) in [4.78, 5) is 14.5. The van der Waals surface area contributed by atoms with Gasteiger partial charge in [-0.05, 0) is 35.2 Å². The van der Waals surface area contributed by atoms with Crippen LogP contribution >= 0.6 is 11.3 Å². The maximum absolute atomic E-state index is 4.59. The monoisotopic (exact) mass is 371 g/mol. The lowest BCUT2D eigenvalue weighted by atomic mass is 10.0. The Balaban J connectivity index is 1.63. The van der Waals surface area contributed by atoms with Crippen LogP contribution in [0, 0.1) is 0 Å². The number of aromatic nitrogens is 4. The van der Waals surface area contributed by atoms with Crippen LogP contribution in [0.25, 0.3) is 33.1 Å². The van der Waals surface area contributed by atoms with Gasteiger partial charge in [-0.25, -0.2) is 0 Å². The third-order valence-corrected chi connectivity index (χ3v) is 5.50. The highest BCUT2D eigenvalue weighted by molar-refractivity contribution is 7.09. The molecule has 3 heterocycles. The predicted molar refractivity (Wildman–Crippen MR) is 111 cm³/mol. The molecule has 5 rings (SSSR count). The quantitative estimate of drug-likeness (QED) is 0.490. The zero-order chi connectivity index (χ0) is 18.2. The summed E-state index contributed by atoms with van der Waals surface area (Å²) in [7, 11) is 2.07. The summed E-state index contributed by atoms with van der Waals surface area (Å²) >= 11 is 1.65. The summed E-state index contributed by atoms with van der Waals surface area (Å²) in [5.41, 5.74) is 8.09. The van der Waals surface area contributed by atoms with Crippen molar-refractivity contribution in [1.82, 2.24) is 19.5 Å². The molecule has 27 heavy (non-hydrogen) atoms. The van der Waals surface area contributed by atoms with Gasteiger partial charge in [-0.1, -0.05) is 12.1 Å². The van der Waals surface area contributed by atoms with Gasteiger partial charge in [0.2, 0.25) is 0 Å². The number of nitrogens with one attached hydrogen (secondary N) is 1. The first-order valence-corrected chi connectivity index (χ1v) is 9.57. The summed E-state index contributed by atoms with van der Waals surface area (Å²) < 4.78 is 2.14. The molecule has 0 saturated carbocycles. The molecular weight excluding hydrogens is 354 g/mol. The van der Waals surface area contributed by atoms with Gasteiger partial charge in [0.15, 0.2) is 0 Å². The van der Waals surface area contributed by atoms with Crippen LogP contribution in [-0.4, -0.2) is 19.5 Å². The Morgan fingerprint density at radius 2 is 2.00 bits per heavy atom. The van der Waals surface area contributed by atoms with Crippen molar-refractivity contribution in [2.75, 3.05) is 5.32 Å². The van der Waals surface area contributed by atoms with Crippen LogP contribution in [0.4, 0.5) is 5.69 Å². The lowest BCUT2D eigenvalue weighted by molar-refractivity contribution is 0.969. The second-order valence-corrected chi connectivity index (χ2v) is 7.44. The van der Waals surface area contributed by atoms with Gasteiger partial charge < -0.3 is 9.88 Å². The van der Waals surface area contributed by atoms with Gasteiger partial charge in [0, 0.05) is 53.5 Å². The fourth-order valence-corrected chi connectivity index (χ4v) is 3.88. The first kappa shape index (κ1) is 16.0. The summed E-state index contributed by atoms with van der Waals surface area (Å²) in [6.07, 6.45) is 7.46. The van der Waals surface area contributed by atoms with Crippen LogP contribution < -0.4 is 5.32 Å². The van der Waals surface area contributed by atoms with Crippen molar-refractivity contribution in [2.45, 2.75) is 6.54 Å². The molecule has 0 aliphatic carbocycles. The molecule has 0 saturated heterocycles. The van der Waals surface area contributed by atoms with E-state index in [1.807, 2.05) is 17.8 Å². The van der Waals surface area contributed by atoms with E-state index in [1.165, 1.54) is 15.8 Å². The Hall–Kier alpha value is -3.25. The van der Waals surface area contributed by atoms with Crippen molar-refractivity contribution in [3.05, 3.63) is 71.6 Å². The Kier molecular flexibility index (Phi) is 3.83. The molecule has 5 aromatic rings. The molecule has 1 N–H and O–H groups in total. The van der Waals surface area contributed by atoms with Gasteiger partial charge in [0.1, 0.15) is 0 Å². The molecule has 0 unspecified atom stereocenters. The summed E-state index contributed by atoms with van der Waals surface area (Å²) in [6, 6.07) is 12.9. The number of thiazole rings is 1. The Bertz CT molecular complexity index is 1240. The minimum atomic E-state index is 0.743. The predicted octanol–water partition coefficient (Wildman–Crippen LogP) is 4.86. The number of rotatable bonds is 4. The highest BCUT2D eigenvalue weighted by Crippen LogP contribution is 2.32. The number of nitrogens with zero attached hydrogens (tertiary/aromatic N) is 4. The molecule has 0 bridgehead atoms. The zero-order valence-electron chi connectivity index (χ0n) is 14.8. The fourth-order valence-electron chi connectivity index (χ4n) is 3.35. The first-order valence-electron chi connectivity index (χ1n) is 8.69. The molecule has 0 amide bonds. The Labute approximate surface area is 160 Å². The molecule has 0 radical (unpaired) electrons. The molecule has 6 heteroatoms. The average Bonchev–Trinajstić information content (AvgIpc) is 3.35. The second-order valence-electron chi connectivity index (χ2n) is 6.47. The van der Waals surface area contributed by atoms with Crippen molar-refractivity contribution in [2.24, 2.45) is 7.05 Å². The highest BCUT2D eigenvalue weighted by Gasteiger charge is 2.10. The van der Waals surface area contributed by atoms with E-state index < -0.39 is 0 Å². The van der Waals surface area contributed by atoms with Crippen molar-refractivity contribution < 1.29 is 0 Å². The Morgan fingerprint density at radius 3 is 2.89 bits per heavy atom. The molecule has 0 aliphatic heterocycles. The van der Waals surface area contributed by atoms with Gasteiger partial charge in [0.25, 0.3) is 0 Å². The zero-order valence-corrected chi connectivity index (χ0v) is 15.6. The standard InChI is InChI=1S/C21H17N5S/c1-26-7-4-14-2-3-15(8-20(14)26)18-9-16(25-12-17-11-22-13-27-17)10-19-21(18)24-6-5-23-19/h2-11,13,25H,12H2,1H3.